The van der Waals surface area contributed by atoms with Gasteiger partial charge in [-0.15, -0.1) is 0 Å². The second kappa shape index (κ2) is 8.23. The number of halogens is 2. The highest BCUT2D eigenvalue weighted by atomic mass is 19.3. The van der Waals surface area contributed by atoms with Gasteiger partial charge in [0.05, 0.1) is 12.6 Å². The summed E-state index contributed by atoms with van der Waals surface area (Å²) >= 11 is 0. The number of aliphatic hydroxyl groups excluding tert-OH is 1. The maximum Gasteiger partial charge on any atom is 0.270 e. The highest BCUT2D eigenvalue weighted by Crippen LogP contribution is 2.37. The fourth-order valence-electron chi connectivity index (χ4n) is 3.43. The third-order valence-corrected chi connectivity index (χ3v) is 5.43. The first-order valence-electron chi connectivity index (χ1n) is 9.55. The van der Waals surface area contributed by atoms with Gasteiger partial charge in [0.15, 0.2) is 5.78 Å². The average molecular weight is 401 g/mol. The van der Waals surface area contributed by atoms with Gasteiger partial charge < -0.3 is 15.7 Å². The summed E-state index contributed by atoms with van der Waals surface area (Å²) < 4.78 is 26.7. The van der Waals surface area contributed by atoms with E-state index >= 15 is 0 Å². The van der Waals surface area contributed by atoms with E-state index in [-0.39, 0.29) is 56.7 Å². The first-order valence-corrected chi connectivity index (χ1v) is 9.55. The minimum atomic E-state index is -2.76. The summed E-state index contributed by atoms with van der Waals surface area (Å²) in [6.45, 7) is 5.23. The van der Waals surface area contributed by atoms with Gasteiger partial charge in [0.1, 0.15) is 11.9 Å². The molecule has 7 nitrogen and oxygen atoms in total. The van der Waals surface area contributed by atoms with Crippen molar-refractivity contribution in [2.75, 3.05) is 6.54 Å². The van der Waals surface area contributed by atoms with Crippen molar-refractivity contribution in [3.8, 4) is 0 Å². The van der Waals surface area contributed by atoms with Crippen LogP contribution < -0.4 is 5.73 Å². The van der Waals surface area contributed by atoms with Crippen molar-refractivity contribution in [3.63, 3.8) is 0 Å². The Bertz CT molecular complexity index is 663. The number of alkyl halides is 2. The van der Waals surface area contributed by atoms with Gasteiger partial charge in [-0.1, -0.05) is 20.8 Å². The van der Waals surface area contributed by atoms with Gasteiger partial charge in [-0.05, 0) is 18.3 Å². The number of carbonyl (C=O) groups excluding carboxylic acids is 3. The van der Waals surface area contributed by atoms with Crippen molar-refractivity contribution in [1.29, 1.82) is 0 Å². The summed E-state index contributed by atoms with van der Waals surface area (Å²) in [5.41, 5.74) is 5.32. The normalized spacial score (nSPS) is 25.1. The number of Topliss-reactive ketones (excluding diaryl/α,β-unsaturated/α-hetero) is 1. The van der Waals surface area contributed by atoms with Crippen molar-refractivity contribution in [1.82, 2.24) is 4.90 Å². The lowest BCUT2D eigenvalue weighted by Crippen LogP contribution is -2.45. The first-order chi connectivity index (χ1) is 12.8. The number of hydrogen-bond acceptors (Lipinski definition) is 4. The lowest BCUT2D eigenvalue weighted by atomic mass is 9.85. The number of aliphatic hydroxyl groups is 1. The van der Waals surface area contributed by atoms with Gasteiger partial charge >= 0.3 is 0 Å². The third kappa shape index (κ3) is 5.56. The fourth-order valence-corrected chi connectivity index (χ4v) is 3.43. The van der Waals surface area contributed by atoms with Crippen LogP contribution in [-0.4, -0.2) is 58.1 Å². The number of likely N-dealkylation sites (tertiary alicyclic amines) is 1. The second-order valence-electron chi connectivity index (χ2n) is 8.88. The molecule has 0 spiro atoms. The molecule has 158 valence electrons. The Kier molecular flexibility index (Phi) is 6.58. The van der Waals surface area contributed by atoms with Crippen molar-refractivity contribution in [2.45, 2.75) is 77.4 Å². The molecule has 1 heterocycles. The number of hydrogen-bond donors (Lipinski definition) is 2. The van der Waals surface area contributed by atoms with E-state index in [0.29, 0.717) is 0 Å². The smallest absolute Gasteiger partial charge is 0.270 e. The van der Waals surface area contributed by atoms with Crippen molar-refractivity contribution >= 4 is 23.4 Å². The number of aliphatic imine (C=N–C) groups is 1. The molecule has 1 saturated heterocycles. The molecule has 0 aromatic heterocycles. The van der Waals surface area contributed by atoms with Crippen LogP contribution in [0.1, 0.15) is 59.3 Å². The monoisotopic (exact) mass is 401 g/mol. The number of carbonyl (C=O) groups is 3. The molecule has 0 aromatic rings. The zero-order valence-corrected chi connectivity index (χ0v) is 16.6. The van der Waals surface area contributed by atoms with Crippen LogP contribution in [-0.2, 0) is 14.4 Å². The van der Waals surface area contributed by atoms with E-state index in [4.69, 9.17) is 5.73 Å². The summed E-state index contributed by atoms with van der Waals surface area (Å²) in [5.74, 6) is -4.92. The van der Waals surface area contributed by atoms with E-state index in [1.165, 1.54) is 0 Å². The molecule has 2 fully saturated rings. The highest BCUT2D eigenvalue weighted by Gasteiger charge is 2.44. The molecule has 1 saturated carbocycles. The minimum Gasteiger partial charge on any atom is -0.392 e. The SMILES string of the molecule is CC(C)(C)C(O)CC(N)=NC(=O)C1CC(=O)CN1C(=O)C1CCC(F)(F)CC1. The highest BCUT2D eigenvalue weighted by molar-refractivity contribution is 6.03. The number of rotatable bonds is 4. The summed E-state index contributed by atoms with van der Waals surface area (Å²) in [4.78, 5) is 42.0. The molecule has 2 rings (SSSR count). The molecule has 28 heavy (non-hydrogen) atoms. The van der Waals surface area contributed by atoms with Crippen LogP contribution >= 0.6 is 0 Å². The predicted molar refractivity (Wildman–Crippen MR) is 98.7 cm³/mol. The quantitative estimate of drug-likeness (QED) is 0.549. The molecular weight excluding hydrogens is 372 g/mol. The Balaban J connectivity index is 2.06. The van der Waals surface area contributed by atoms with Crippen LogP contribution in [0.15, 0.2) is 4.99 Å². The summed E-state index contributed by atoms with van der Waals surface area (Å²) in [6, 6.07) is -1.06. The molecule has 1 aliphatic carbocycles. The van der Waals surface area contributed by atoms with E-state index in [9.17, 15) is 28.3 Å². The summed E-state index contributed by atoms with van der Waals surface area (Å²) in [5, 5.41) is 10.1. The molecule has 1 aliphatic heterocycles. The molecule has 2 atom stereocenters. The van der Waals surface area contributed by atoms with Gasteiger partial charge in [0.2, 0.25) is 11.8 Å². The topological polar surface area (TPSA) is 113 Å². The zero-order valence-electron chi connectivity index (χ0n) is 16.6. The molecule has 9 heteroatoms. The van der Waals surface area contributed by atoms with Gasteiger partial charge in [-0.2, -0.15) is 4.99 Å². The van der Waals surface area contributed by atoms with Crippen LogP contribution in [0.4, 0.5) is 8.78 Å². The number of amidine groups is 1. The van der Waals surface area contributed by atoms with Crippen LogP contribution in [0.3, 0.4) is 0 Å². The van der Waals surface area contributed by atoms with Gasteiger partial charge in [-0.3, -0.25) is 14.4 Å². The minimum absolute atomic E-state index is 0.0123. The number of ketones is 1. The Morgan fingerprint density at radius 2 is 1.89 bits per heavy atom. The van der Waals surface area contributed by atoms with E-state index < -0.39 is 41.2 Å². The average Bonchev–Trinajstić information content (AvgIpc) is 2.95. The molecule has 2 aliphatic rings. The van der Waals surface area contributed by atoms with Gasteiger partial charge in [0, 0.05) is 31.6 Å². The van der Waals surface area contributed by atoms with Crippen molar-refractivity contribution in [2.24, 2.45) is 22.1 Å². The Morgan fingerprint density at radius 1 is 1.32 bits per heavy atom. The second-order valence-corrected chi connectivity index (χ2v) is 8.88. The molecule has 0 aromatic carbocycles. The maximum absolute atomic E-state index is 13.3. The molecule has 3 N–H and O–H groups in total. The van der Waals surface area contributed by atoms with E-state index in [1.807, 2.05) is 20.8 Å². The number of amides is 2. The van der Waals surface area contributed by atoms with Crippen molar-refractivity contribution in [3.05, 3.63) is 0 Å². The Hall–Kier alpha value is -1.90. The lowest BCUT2D eigenvalue weighted by Gasteiger charge is -2.31. The zero-order chi connectivity index (χ0) is 21.3. The van der Waals surface area contributed by atoms with E-state index in [1.54, 1.807) is 0 Å². The third-order valence-electron chi connectivity index (χ3n) is 5.43. The van der Waals surface area contributed by atoms with Crippen molar-refractivity contribution < 1.29 is 28.3 Å². The van der Waals surface area contributed by atoms with Crippen LogP contribution in [0.5, 0.6) is 0 Å². The van der Waals surface area contributed by atoms with E-state index in [0.717, 1.165) is 4.90 Å². The van der Waals surface area contributed by atoms with Crippen LogP contribution in [0.2, 0.25) is 0 Å². The van der Waals surface area contributed by atoms with Crippen LogP contribution in [0.25, 0.3) is 0 Å². The molecule has 2 unspecified atom stereocenters. The number of nitrogens with zero attached hydrogens (tertiary/aromatic N) is 2. The fraction of sp³-hybridized carbons (Fsp3) is 0.789. The summed E-state index contributed by atoms with van der Waals surface area (Å²) in [7, 11) is 0. The largest absolute Gasteiger partial charge is 0.392 e. The van der Waals surface area contributed by atoms with Crippen LogP contribution in [0, 0.1) is 11.3 Å². The number of nitrogens with two attached hydrogens (primary N) is 1. The molecular formula is C19H29F2N3O4. The predicted octanol–water partition coefficient (Wildman–Crippen LogP) is 1.66. The maximum atomic E-state index is 13.3. The summed E-state index contributed by atoms with van der Waals surface area (Å²) in [6.07, 6.45) is -1.68. The van der Waals surface area contributed by atoms with Gasteiger partial charge in [-0.25, -0.2) is 8.78 Å². The molecule has 0 bridgehead atoms. The lowest BCUT2D eigenvalue weighted by molar-refractivity contribution is -0.144. The van der Waals surface area contributed by atoms with Gasteiger partial charge in [0.25, 0.3) is 5.91 Å². The van der Waals surface area contributed by atoms with E-state index in [2.05, 4.69) is 4.99 Å². The molecule has 0 radical (unpaired) electrons. The standard InChI is InChI=1S/C19H29F2N3O4/c1-18(2,3)14(26)9-15(22)23-16(27)13-8-12(25)10-24(13)17(28)11-4-6-19(20,21)7-5-11/h11,13-14,26H,4-10H2,1-3H3,(H2,22,23,27). The molecule has 2 amide bonds. The first kappa shape index (κ1) is 22.4. The Labute approximate surface area is 163 Å². The Morgan fingerprint density at radius 3 is 2.43 bits per heavy atom.